The van der Waals surface area contributed by atoms with Crippen LogP contribution in [0.25, 0.3) is 22.3 Å². The molecule has 0 saturated carbocycles. The van der Waals surface area contributed by atoms with Crippen LogP contribution in [0.4, 0.5) is 0 Å². The van der Waals surface area contributed by atoms with Gasteiger partial charge in [-0.15, -0.1) is 0 Å². The number of aromatic hydroxyl groups is 1. The lowest BCUT2D eigenvalue weighted by Crippen LogP contribution is -1.97. The van der Waals surface area contributed by atoms with Crippen LogP contribution >= 0.6 is 15.9 Å². The highest BCUT2D eigenvalue weighted by molar-refractivity contribution is 9.10. The van der Waals surface area contributed by atoms with E-state index in [0.717, 1.165) is 21.2 Å². The van der Waals surface area contributed by atoms with Crippen LogP contribution in [0, 0.1) is 0 Å². The summed E-state index contributed by atoms with van der Waals surface area (Å²) in [4.78, 5) is 11.1. The summed E-state index contributed by atoms with van der Waals surface area (Å²) in [7, 11) is 0. The molecule has 0 spiro atoms. The average molecular weight is 369 g/mol. The predicted octanol–water partition coefficient (Wildman–Crippen LogP) is 5.19. The first-order chi connectivity index (χ1) is 11.1. The molecule has 0 atom stereocenters. The Balaban J connectivity index is 2.08. The zero-order valence-corrected chi connectivity index (χ0v) is 13.6. The molecular weight excluding hydrogens is 356 g/mol. The topological polar surface area (TPSA) is 57.5 Å². The number of halogens is 1. The Kier molecular flexibility index (Phi) is 4.17. The van der Waals surface area contributed by atoms with Gasteiger partial charge in [-0.05, 0) is 28.8 Å². The van der Waals surface area contributed by atoms with Gasteiger partial charge in [0.2, 0.25) is 0 Å². The van der Waals surface area contributed by atoms with Crippen molar-refractivity contribution in [3.8, 4) is 28.0 Å². The van der Waals surface area contributed by atoms with Gasteiger partial charge in [0.05, 0.1) is 0 Å². The van der Waals surface area contributed by atoms with E-state index >= 15 is 0 Å². The van der Waals surface area contributed by atoms with E-state index in [-0.39, 0.29) is 11.3 Å². The van der Waals surface area contributed by atoms with Crippen molar-refractivity contribution in [2.75, 3.05) is 0 Å². The van der Waals surface area contributed by atoms with Gasteiger partial charge in [-0.1, -0.05) is 70.5 Å². The van der Waals surface area contributed by atoms with Gasteiger partial charge in [-0.25, -0.2) is 4.79 Å². The number of hydrogen-bond donors (Lipinski definition) is 2. The lowest BCUT2D eigenvalue weighted by Gasteiger charge is -2.10. The van der Waals surface area contributed by atoms with Crippen molar-refractivity contribution in [3.05, 3.63) is 76.8 Å². The van der Waals surface area contributed by atoms with E-state index in [1.807, 2.05) is 48.5 Å². The Hall–Kier alpha value is -2.59. The zero-order chi connectivity index (χ0) is 16.4. The SMILES string of the molecule is O=C(O)c1cccc(-c2ccc(-c3ccccc3)c(Br)c2)c1O. The minimum Gasteiger partial charge on any atom is -0.506 e. The van der Waals surface area contributed by atoms with Crippen molar-refractivity contribution in [3.63, 3.8) is 0 Å². The smallest absolute Gasteiger partial charge is 0.339 e. The van der Waals surface area contributed by atoms with Crippen LogP contribution in [0.1, 0.15) is 10.4 Å². The van der Waals surface area contributed by atoms with E-state index in [1.165, 1.54) is 6.07 Å². The molecule has 0 amide bonds. The van der Waals surface area contributed by atoms with Crippen molar-refractivity contribution >= 4 is 21.9 Å². The molecule has 0 bridgehead atoms. The van der Waals surface area contributed by atoms with Crippen molar-refractivity contribution in [2.45, 2.75) is 0 Å². The molecule has 0 aliphatic rings. The number of carboxylic acid groups (broad SMARTS) is 1. The summed E-state index contributed by atoms with van der Waals surface area (Å²) in [6.45, 7) is 0. The van der Waals surface area contributed by atoms with Crippen LogP contribution in [0.2, 0.25) is 0 Å². The molecule has 114 valence electrons. The van der Waals surface area contributed by atoms with Gasteiger partial charge in [0.15, 0.2) is 0 Å². The first-order valence-corrected chi connectivity index (χ1v) is 7.78. The summed E-state index contributed by atoms with van der Waals surface area (Å²) >= 11 is 3.56. The summed E-state index contributed by atoms with van der Waals surface area (Å²) in [6.07, 6.45) is 0. The second kappa shape index (κ2) is 6.26. The third-order valence-corrected chi connectivity index (χ3v) is 4.29. The highest BCUT2D eigenvalue weighted by Crippen LogP contribution is 2.36. The quantitative estimate of drug-likeness (QED) is 0.668. The maximum Gasteiger partial charge on any atom is 0.339 e. The standard InChI is InChI=1S/C19H13BrO3/c20-17-11-13(9-10-14(17)12-5-2-1-3-6-12)15-7-4-8-16(18(15)21)19(22)23/h1-11,21H,(H,22,23). The Morgan fingerprint density at radius 2 is 1.57 bits per heavy atom. The first-order valence-electron chi connectivity index (χ1n) is 6.98. The van der Waals surface area contributed by atoms with Gasteiger partial charge in [0, 0.05) is 10.0 Å². The first kappa shape index (κ1) is 15.3. The zero-order valence-electron chi connectivity index (χ0n) is 12.0. The fourth-order valence-electron chi connectivity index (χ4n) is 2.48. The van der Waals surface area contributed by atoms with E-state index < -0.39 is 5.97 Å². The number of carbonyl (C=O) groups is 1. The molecule has 3 aromatic rings. The fourth-order valence-corrected chi connectivity index (χ4v) is 3.09. The molecule has 0 radical (unpaired) electrons. The van der Waals surface area contributed by atoms with Gasteiger partial charge in [0.25, 0.3) is 0 Å². The van der Waals surface area contributed by atoms with Gasteiger partial charge in [-0.3, -0.25) is 0 Å². The number of para-hydroxylation sites is 1. The number of hydrogen-bond acceptors (Lipinski definition) is 2. The Morgan fingerprint density at radius 1 is 0.826 bits per heavy atom. The van der Waals surface area contributed by atoms with E-state index in [0.29, 0.717) is 5.56 Å². The van der Waals surface area contributed by atoms with Gasteiger partial charge in [-0.2, -0.15) is 0 Å². The maximum atomic E-state index is 11.1. The highest BCUT2D eigenvalue weighted by Gasteiger charge is 2.15. The van der Waals surface area contributed by atoms with E-state index in [2.05, 4.69) is 15.9 Å². The van der Waals surface area contributed by atoms with E-state index in [4.69, 9.17) is 5.11 Å². The fraction of sp³-hybridized carbons (Fsp3) is 0. The molecule has 3 rings (SSSR count). The molecule has 0 unspecified atom stereocenters. The number of carboxylic acids is 1. The molecule has 0 saturated heterocycles. The molecule has 3 nitrogen and oxygen atoms in total. The van der Waals surface area contributed by atoms with Crippen LogP contribution in [-0.2, 0) is 0 Å². The van der Waals surface area contributed by atoms with Crippen molar-refractivity contribution in [1.29, 1.82) is 0 Å². The molecule has 0 aliphatic carbocycles. The normalized spacial score (nSPS) is 10.5. The van der Waals surface area contributed by atoms with Crippen molar-refractivity contribution in [2.24, 2.45) is 0 Å². The van der Waals surface area contributed by atoms with E-state index in [1.54, 1.807) is 12.1 Å². The van der Waals surface area contributed by atoms with Gasteiger partial charge >= 0.3 is 5.97 Å². The maximum absolute atomic E-state index is 11.1. The Labute approximate surface area is 142 Å². The molecule has 0 aliphatic heterocycles. The minimum atomic E-state index is -1.15. The number of rotatable bonds is 3. The third-order valence-electron chi connectivity index (χ3n) is 3.63. The van der Waals surface area contributed by atoms with Crippen LogP contribution in [-0.4, -0.2) is 16.2 Å². The highest BCUT2D eigenvalue weighted by atomic mass is 79.9. The minimum absolute atomic E-state index is 0.106. The van der Waals surface area contributed by atoms with Crippen LogP contribution in [0.5, 0.6) is 5.75 Å². The van der Waals surface area contributed by atoms with Crippen LogP contribution in [0.15, 0.2) is 71.2 Å². The molecule has 0 fully saturated rings. The average Bonchev–Trinajstić information content (AvgIpc) is 2.55. The second-order valence-electron chi connectivity index (χ2n) is 5.07. The molecule has 0 heterocycles. The second-order valence-corrected chi connectivity index (χ2v) is 5.92. The van der Waals surface area contributed by atoms with Crippen LogP contribution in [0.3, 0.4) is 0 Å². The van der Waals surface area contributed by atoms with Crippen molar-refractivity contribution in [1.82, 2.24) is 0 Å². The Morgan fingerprint density at radius 3 is 2.22 bits per heavy atom. The summed E-state index contributed by atoms with van der Waals surface area (Å²) in [5.74, 6) is -1.37. The third kappa shape index (κ3) is 2.98. The lowest BCUT2D eigenvalue weighted by atomic mass is 9.98. The number of benzene rings is 3. The van der Waals surface area contributed by atoms with E-state index in [9.17, 15) is 9.90 Å². The molecule has 23 heavy (non-hydrogen) atoms. The van der Waals surface area contributed by atoms with Gasteiger partial charge in [0.1, 0.15) is 11.3 Å². The van der Waals surface area contributed by atoms with Crippen LogP contribution < -0.4 is 0 Å². The summed E-state index contributed by atoms with van der Waals surface area (Å²) < 4.78 is 0.876. The molecular formula is C19H13BrO3. The molecule has 0 aromatic heterocycles. The lowest BCUT2D eigenvalue weighted by molar-refractivity contribution is 0.0694. The molecule has 4 heteroatoms. The number of aromatic carboxylic acids is 1. The summed E-state index contributed by atoms with van der Waals surface area (Å²) in [6, 6.07) is 20.3. The predicted molar refractivity (Wildman–Crippen MR) is 93.6 cm³/mol. The summed E-state index contributed by atoms with van der Waals surface area (Å²) in [5.41, 5.74) is 3.24. The molecule has 3 aromatic carbocycles. The Bertz CT molecular complexity index is 873. The molecule has 2 N–H and O–H groups in total. The van der Waals surface area contributed by atoms with Gasteiger partial charge < -0.3 is 10.2 Å². The number of phenols is 1. The summed E-state index contributed by atoms with van der Waals surface area (Å²) in [5, 5.41) is 19.3. The largest absolute Gasteiger partial charge is 0.506 e. The van der Waals surface area contributed by atoms with Crippen molar-refractivity contribution < 1.29 is 15.0 Å². The monoisotopic (exact) mass is 368 g/mol.